The van der Waals surface area contributed by atoms with Crippen LogP contribution in [0.2, 0.25) is 5.02 Å². The van der Waals surface area contributed by atoms with Crippen molar-refractivity contribution in [3.63, 3.8) is 0 Å². The van der Waals surface area contributed by atoms with Gasteiger partial charge in [-0.25, -0.2) is 0 Å². The fourth-order valence-electron chi connectivity index (χ4n) is 6.99. The Hall–Kier alpha value is -2.79. The number of piperazine rings is 1. The highest BCUT2D eigenvalue weighted by atomic mass is 35.5. The number of ether oxygens (including phenoxy) is 1. The van der Waals surface area contributed by atoms with Crippen molar-refractivity contribution in [3.8, 4) is 11.8 Å². The highest BCUT2D eigenvalue weighted by Crippen LogP contribution is 2.39. The molecule has 0 aliphatic carbocycles. The van der Waals surface area contributed by atoms with E-state index in [2.05, 4.69) is 38.2 Å². The molecule has 4 aliphatic rings. The highest BCUT2D eigenvalue weighted by molar-refractivity contribution is 6.31. The van der Waals surface area contributed by atoms with Gasteiger partial charge in [-0.05, 0) is 81.1 Å². The van der Waals surface area contributed by atoms with Gasteiger partial charge in [0.2, 0.25) is 0 Å². The van der Waals surface area contributed by atoms with Crippen LogP contribution in [0.4, 0.5) is 5.69 Å². The molecule has 4 aliphatic heterocycles. The molecule has 2 bridgehead atoms. The molecule has 0 radical (unpaired) electrons. The minimum atomic E-state index is 0.0476. The highest BCUT2D eigenvalue weighted by Gasteiger charge is 2.44. The standard InChI is InChI=1S/C31H38ClN5O2/c32-30-19-28(8-3-24(30)20-33)39-29-17-26-6-7-27(18-29)37(26)31(38)23-1-4-25(5-2-23)36-15-13-35(14-16-36)21-22-9-11-34-12-10-22/h1-5,8,19,22,26-27,29,34H,6-7,9-18,21H2/t26-,27+,29?. The third-order valence-electron chi connectivity index (χ3n) is 9.11. The van der Waals surface area contributed by atoms with Crippen molar-refractivity contribution >= 4 is 23.2 Å². The first-order valence-corrected chi connectivity index (χ1v) is 14.9. The summed E-state index contributed by atoms with van der Waals surface area (Å²) in [7, 11) is 0. The van der Waals surface area contributed by atoms with Gasteiger partial charge in [0.1, 0.15) is 17.9 Å². The molecule has 3 atom stereocenters. The molecule has 1 N–H and O–H groups in total. The van der Waals surface area contributed by atoms with E-state index in [0.717, 1.165) is 76.4 Å². The normalized spacial score (nSPS) is 25.9. The molecule has 0 aromatic heterocycles. The maximum atomic E-state index is 13.6. The van der Waals surface area contributed by atoms with Gasteiger partial charge in [0.05, 0.1) is 10.6 Å². The van der Waals surface area contributed by atoms with Crippen LogP contribution in [-0.4, -0.2) is 79.7 Å². The van der Waals surface area contributed by atoms with Gasteiger partial charge in [-0.3, -0.25) is 9.69 Å². The second kappa shape index (κ2) is 11.8. The first-order valence-electron chi connectivity index (χ1n) is 14.5. The van der Waals surface area contributed by atoms with Crippen LogP contribution < -0.4 is 15.0 Å². The lowest BCUT2D eigenvalue weighted by atomic mass is 9.97. The van der Waals surface area contributed by atoms with E-state index in [9.17, 15) is 4.79 Å². The molecule has 4 heterocycles. The number of anilines is 1. The van der Waals surface area contributed by atoms with Gasteiger partial charge in [-0.15, -0.1) is 0 Å². The van der Waals surface area contributed by atoms with Crippen LogP contribution in [0.3, 0.4) is 0 Å². The Kier molecular flexibility index (Phi) is 7.97. The second-order valence-corrected chi connectivity index (χ2v) is 12.0. The number of nitrogens with one attached hydrogen (secondary N) is 1. The summed E-state index contributed by atoms with van der Waals surface area (Å²) in [6.45, 7) is 7.86. The zero-order valence-corrected chi connectivity index (χ0v) is 23.3. The minimum absolute atomic E-state index is 0.0476. The summed E-state index contributed by atoms with van der Waals surface area (Å²) in [6, 6.07) is 16.0. The van der Waals surface area contributed by atoms with Crippen LogP contribution in [0.5, 0.6) is 5.75 Å². The molecular formula is C31H38ClN5O2. The third kappa shape index (κ3) is 5.89. The zero-order chi connectivity index (χ0) is 26.8. The molecule has 2 aromatic rings. The molecule has 1 amide bonds. The Balaban J connectivity index is 1.02. The van der Waals surface area contributed by atoms with E-state index >= 15 is 0 Å². The number of carbonyl (C=O) groups excluding carboxylic acids is 1. The predicted octanol–water partition coefficient (Wildman–Crippen LogP) is 4.55. The summed E-state index contributed by atoms with van der Waals surface area (Å²) < 4.78 is 6.24. The number of hydrogen-bond donors (Lipinski definition) is 1. The van der Waals surface area contributed by atoms with Crippen LogP contribution in [0, 0.1) is 17.2 Å². The predicted molar refractivity (Wildman–Crippen MR) is 153 cm³/mol. The summed E-state index contributed by atoms with van der Waals surface area (Å²) in [4.78, 5) is 20.8. The molecule has 0 saturated carbocycles. The van der Waals surface area contributed by atoms with Crippen LogP contribution in [0.15, 0.2) is 42.5 Å². The third-order valence-corrected chi connectivity index (χ3v) is 9.43. The Bertz CT molecular complexity index is 1190. The summed E-state index contributed by atoms with van der Waals surface area (Å²) >= 11 is 6.19. The second-order valence-electron chi connectivity index (χ2n) is 11.6. The number of piperidine rings is 2. The molecule has 206 valence electrons. The lowest BCUT2D eigenvalue weighted by Gasteiger charge is -2.39. The number of nitrogens with zero attached hydrogens (tertiary/aromatic N) is 4. The number of fused-ring (bicyclic) bond motifs is 2. The fourth-order valence-corrected chi connectivity index (χ4v) is 7.20. The van der Waals surface area contributed by atoms with Crippen molar-refractivity contribution in [3.05, 3.63) is 58.6 Å². The lowest BCUT2D eigenvalue weighted by Crippen LogP contribution is -2.49. The summed E-state index contributed by atoms with van der Waals surface area (Å²) in [5.41, 5.74) is 2.44. The van der Waals surface area contributed by atoms with Crippen LogP contribution in [0.1, 0.15) is 54.4 Å². The number of amides is 1. The average Bonchev–Trinajstić information content (AvgIpc) is 3.23. The molecule has 4 fully saturated rings. The van der Waals surface area contributed by atoms with Crippen molar-refractivity contribution in [1.29, 1.82) is 5.26 Å². The van der Waals surface area contributed by atoms with E-state index in [1.807, 2.05) is 12.1 Å². The van der Waals surface area contributed by atoms with Gasteiger partial charge in [-0.2, -0.15) is 5.26 Å². The number of rotatable bonds is 6. The molecule has 4 saturated heterocycles. The Labute approximate surface area is 236 Å². The van der Waals surface area contributed by atoms with Crippen molar-refractivity contribution < 1.29 is 9.53 Å². The van der Waals surface area contributed by atoms with E-state index < -0.39 is 0 Å². The van der Waals surface area contributed by atoms with Crippen molar-refractivity contribution in [2.45, 2.75) is 56.7 Å². The molecule has 6 rings (SSSR count). The molecule has 1 unspecified atom stereocenters. The zero-order valence-electron chi connectivity index (χ0n) is 22.5. The molecule has 8 heteroatoms. The minimum Gasteiger partial charge on any atom is -0.490 e. The smallest absolute Gasteiger partial charge is 0.254 e. The van der Waals surface area contributed by atoms with Gasteiger partial charge in [0.25, 0.3) is 5.91 Å². The fraction of sp³-hybridized carbons (Fsp3) is 0.548. The quantitative estimate of drug-likeness (QED) is 0.572. The number of hydrogen-bond acceptors (Lipinski definition) is 6. The number of carbonyl (C=O) groups is 1. The van der Waals surface area contributed by atoms with Gasteiger partial charge < -0.3 is 19.9 Å². The van der Waals surface area contributed by atoms with Gasteiger partial charge in [0, 0.05) is 75.0 Å². The first-order chi connectivity index (χ1) is 19.1. The Morgan fingerprint density at radius 1 is 0.974 bits per heavy atom. The molecular weight excluding hydrogens is 510 g/mol. The van der Waals surface area contributed by atoms with Crippen LogP contribution in [0.25, 0.3) is 0 Å². The largest absolute Gasteiger partial charge is 0.490 e. The van der Waals surface area contributed by atoms with Crippen molar-refractivity contribution in [2.75, 3.05) is 50.7 Å². The number of benzene rings is 2. The van der Waals surface area contributed by atoms with Crippen molar-refractivity contribution in [2.24, 2.45) is 5.92 Å². The van der Waals surface area contributed by atoms with Gasteiger partial charge >= 0.3 is 0 Å². The Morgan fingerprint density at radius 3 is 2.31 bits per heavy atom. The molecule has 7 nitrogen and oxygen atoms in total. The first kappa shape index (κ1) is 26.4. The van der Waals surface area contributed by atoms with E-state index in [1.54, 1.807) is 18.2 Å². The van der Waals surface area contributed by atoms with Gasteiger partial charge in [-0.1, -0.05) is 11.6 Å². The molecule has 0 spiro atoms. The van der Waals surface area contributed by atoms with E-state index in [1.165, 1.54) is 25.1 Å². The van der Waals surface area contributed by atoms with Gasteiger partial charge in [0.15, 0.2) is 0 Å². The monoisotopic (exact) mass is 547 g/mol. The van der Waals surface area contributed by atoms with Crippen LogP contribution in [-0.2, 0) is 0 Å². The SMILES string of the molecule is N#Cc1ccc(OC2C[C@H]3CC[C@@H](C2)N3C(=O)c2ccc(N3CCN(CC4CCNCC4)CC3)cc2)cc1Cl. The molecule has 39 heavy (non-hydrogen) atoms. The van der Waals surface area contributed by atoms with E-state index in [0.29, 0.717) is 16.3 Å². The average molecular weight is 548 g/mol. The summed E-state index contributed by atoms with van der Waals surface area (Å²) in [5, 5.41) is 13.0. The summed E-state index contributed by atoms with van der Waals surface area (Å²) in [5.74, 6) is 1.66. The number of nitriles is 1. The van der Waals surface area contributed by atoms with Crippen LogP contribution >= 0.6 is 11.6 Å². The van der Waals surface area contributed by atoms with E-state index in [4.69, 9.17) is 21.6 Å². The summed E-state index contributed by atoms with van der Waals surface area (Å²) in [6.07, 6.45) is 6.32. The Morgan fingerprint density at radius 2 is 1.67 bits per heavy atom. The maximum Gasteiger partial charge on any atom is 0.254 e. The van der Waals surface area contributed by atoms with E-state index in [-0.39, 0.29) is 24.1 Å². The topological polar surface area (TPSA) is 71.8 Å². The number of halogens is 1. The maximum absolute atomic E-state index is 13.6. The van der Waals surface area contributed by atoms with Crippen molar-refractivity contribution in [1.82, 2.24) is 15.1 Å². The lowest BCUT2D eigenvalue weighted by molar-refractivity contribution is 0.0359. The molecule has 2 aromatic carbocycles.